The Bertz CT molecular complexity index is 323. The third-order valence-electron chi connectivity index (χ3n) is 1.66. The molecule has 0 aliphatic carbocycles. The van der Waals surface area contributed by atoms with Crippen LogP contribution in [0.2, 0.25) is 0 Å². The second-order valence-electron chi connectivity index (χ2n) is 2.83. The number of anilines is 1. The molecule has 1 aromatic heterocycles. The van der Waals surface area contributed by atoms with Gasteiger partial charge >= 0.3 is 0 Å². The monoisotopic (exact) mass is 197 g/mol. The summed E-state index contributed by atoms with van der Waals surface area (Å²) in [6, 6.07) is 0. The third-order valence-corrected chi connectivity index (χ3v) is 1.80. The molecule has 1 heterocycles. The fraction of sp³-hybridized carbons (Fsp3) is 0.333. The summed E-state index contributed by atoms with van der Waals surface area (Å²) in [5.41, 5.74) is 2.05. The van der Waals surface area contributed by atoms with Crippen molar-refractivity contribution in [2.45, 2.75) is 13.8 Å². The minimum atomic E-state index is 0.490. The zero-order chi connectivity index (χ0) is 9.84. The van der Waals surface area contributed by atoms with Crippen LogP contribution in [0.3, 0.4) is 0 Å². The van der Waals surface area contributed by atoms with Gasteiger partial charge < -0.3 is 5.32 Å². The lowest BCUT2D eigenvalue weighted by Gasteiger charge is -2.04. The Labute approximate surface area is 82.9 Å². The molecule has 0 amide bonds. The van der Waals surface area contributed by atoms with Crippen molar-refractivity contribution in [1.82, 2.24) is 9.97 Å². The van der Waals surface area contributed by atoms with Crippen LogP contribution < -0.4 is 5.32 Å². The summed E-state index contributed by atoms with van der Waals surface area (Å²) in [5, 5.41) is 3.50. The molecule has 0 radical (unpaired) electrons. The predicted molar refractivity (Wildman–Crippen MR) is 55.0 cm³/mol. The van der Waals surface area contributed by atoms with Gasteiger partial charge in [-0.2, -0.15) is 0 Å². The van der Waals surface area contributed by atoms with Crippen LogP contribution in [0.15, 0.2) is 17.8 Å². The van der Waals surface area contributed by atoms with Gasteiger partial charge in [0.25, 0.3) is 0 Å². The molecule has 0 saturated carbocycles. The minimum absolute atomic E-state index is 0.490. The number of aryl methyl sites for hydroxylation is 2. The molecular formula is C9H12ClN3. The first-order chi connectivity index (χ1) is 6.09. The summed E-state index contributed by atoms with van der Waals surface area (Å²) in [5.74, 6) is 0.588. The summed E-state index contributed by atoms with van der Waals surface area (Å²) in [4.78, 5) is 8.31. The Morgan fingerprint density at radius 2 is 2.31 bits per heavy atom. The highest BCUT2D eigenvalue weighted by atomic mass is 35.5. The van der Waals surface area contributed by atoms with Crippen molar-refractivity contribution in [1.29, 1.82) is 0 Å². The van der Waals surface area contributed by atoms with Crippen LogP contribution in [0, 0.1) is 13.8 Å². The molecule has 0 atom stereocenters. The third kappa shape index (κ3) is 3.03. The summed E-state index contributed by atoms with van der Waals surface area (Å²) in [6.45, 7) is 7.96. The van der Waals surface area contributed by atoms with Crippen molar-refractivity contribution in [3.63, 3.8) is 0 Å². The second-order valence-corrected chi connectivity index (χ2v) is 3.37. The Morgan fingerprint density at radius 1 is 1.62 bits per heavy atom. The number of halogens is 1. The molecule has 13 heavy (non-hydrogen) atoms. The van der Waals surface area contributed by atoms with Crippen LogP contribution in [0.4, 0.5) is 5.95 Å². The van der Waals surface area contributed by atoms with Crippen LogP contribution >= 0.6 is 11.6 Å². The summed E-state index contributed by atoms with van der Waals surface area (Å²) in [7, 11) is 0. The number of nitrogens with zero attached hydrogens (tertiary/aromatic N) is 2. The topological polar surface area (TPSA) is 37.8 Å². The van der Waals surface area contributed by atoms with E-state index in [-0.39, 0.29) is 0 Å². The highest BCUT2D eigenvalue weighted by molar-refractivity contribution is 6.29. The molecule has 1 N–H and O–H groups in total. The predicted octanol–water partition coefficient (Wildman–Crippen LogP) is 2.26. The van der Waals surface area contributed by atoms with Gasteiger partial charge in [-0.3, -0.25) is 0 Å². The fourth-order valence-corrected chi connectivity index (χ4v) is 0.854. The number of nitrogens with one attached hydrogen (secondary N) is 1. The van der Waals surface area contributed by atoms with E-state index in [1.165, 1.54) is 0 Å². The zero-order valence-electron chi connectivity index (χ0n) is 7.76. The lowest BCUT2D eigenvalue weighted by Crippen LogP contribution is -2.06. The molecule has 0 aromatic carbocycles. The molecule has 0 saturated heterocycles. The molecule has 0 unspecified atom stereocenters. The van der Waals surface area contributed by atoms with Gasteiger partial charge in [-0.25, -0.2) is 9.97 Å². The van der Waals surface area contributed by atoms with Gasteiger partial charge in [0.1, 0.15) is 0 Å². The van der Waals surface area contributed by atoms with Gasteiger partial charge in [0, 0.05) is 16.9 Å². The molecule has 70 valence electrons. The second kappa shape index (κ2) is 4.23. The van der Waals surface area contributed by atoms with Crippen molar-refractivity contribution in [2.24, 2.45) is 0 Å². The van der Waals surface area contributed by atoms with Gasteiger partial charge in [-0.1, -0.05) is 18.2 Å². The van der Waals surface area contributed by atoms with Crippen LogP contribution in [0.1, 0.15) is 11.3 Å². The van der Waals surface area contributed by atoms with Crippen molar-refractivity contribution in [2.75, 3.05) is 11.9 Å². The summed E-state index contributed by atoms with van der Waals surface area (Å²) in [6.07, 6.45) is 1.78. The van der Waals surface area contributed by atoms with Gasteiger partial charge in [0.2, 0.25) is 5.95 Å². The normalized spacial score (nSPS) is 9.77. The molecule has 0 spiro atoms. The molecule has 1 rings (SSSR count). The van der Waals surface area contributed by atoms with E-state index in [1.54, 1.807) is 6.20 Å². The highest BCUT2D eigenvalue weighted by Crippen LogP contribution is 2.06. The Hall–Kier alpha value is -1.09. The number of hydrogen-bond donors (Lipinski definition) is 1. The summed E-state index contributed by atoms with van der Waals surface area (Å²) < 4.78 is 0. The lowest BCUT2D eigenvalue weighted by molar-refractivity contribution is 1.04. The molecule has 4 heteroatoms. The maximum atomic E-state index is 5.59. The van der Waals surface area contributed by atoms with Crippen LogP contribution in [-0.2, 0) is 0 Å². The Morgan fingerprint density at radius 3 is 2.85 bits per heavy atom. The van der Waals surface area contributed by atoms with Crippen LogP contribution in [0.5, 0.6) is 0 Å². The van der Waals surface area contributed by atoms with Gasteiger partial charge in [0.05, 0.1) is 6.54 Å². The van der Waals surface area contributed by atoms with Crippen molar-refractivity contribution < 1.29 is 0 Å². The first-order valence-electron chi connectivity index (χ1n) is 3.97. The quantitative estimate of drug-likeness (QED) is 0.808. The minimum Gasteiger partial charge on any atom is -0.349 e. The van der Waals surface area contributed by atoms with E-state index in [0.29, 0.717) is 17.5 Å². The highest BCUT2D eigenvalue weighted by Gasteiger charge is 1.98. The molecule has 0 fully saturated rings. The Balaban J connectivity index is 2.68. The van der Waals surface area contributed by atoms with E-state index in [2.05, 4.69) is 21.9 Å². The maximum Gasteiger partial charge on any atom is 0.223 e. The zero-order valence-corrected chi connectivity index (χ0v) is 8.52. The van der Waals surface area contributed by atoms with Gasteiger partial charge in [-0.05, 0) is 19.4 Å². The van der Waals surface area contributed by atoms with E-state index in [4.69, 9.17) is 11.6 Å². The van der Waals surface area contributed by atoms with E-state index in [9.17, 15) is 0 Å². The van der Waals surface area contributed by atoms with Crippen molar-refractivity contribution in [3.8, 4) is 0 Å². The summed E-state index contributed by atoms with van der Waals surface area (Å²) >= 11 is 5.59. The number of hydrogen-bond acceptors (Lipinski definition) is 3. The average Bonchev–Trinajstić information content (AvgIpc) is 2.07. The molecular weight excluding hydrogens is 186 g/mol. The van der Waals surface area contributed by atoms with E-state index in [0.717, 1.165) is 11.3 Å². The van der Waals surface area contributed by atoms with E-state index >= 15 is 0 Å². The van der Waals surface area contributed by atoms with Gasteiger partial charge in [-0.15, -0.1) is 0 Å². The maximum absolute atomic E-state index is 5.59. The molecule has 0 aliphatic heterocycles. The van der Waals surface area contributed by atoms with Crippen LogP contribution in [0.25, 0.3) is 0 Å². The van der Waals surface area contributed by atoms with Crippen molar-refractivity contribution in [3.05, 3.63) is 29.1 Å². The van der Waals surface area contributed by atoms with E-state index < -0.39 is 0 Å². The molecule has 1 aromatic rings. The van der Waals surface area contributed by atoms with Gasteiger partial charge in [0.15, 0.2) is 0 Å². The number of aromatic nitrogens is 2. The first-order valence-corrected chi connectivity index (χ1v) is 4.35. The average molecular weight is 198 g/mol. The lowest BCUT2D eigenvalue weighted by atomic mass is 10.3. The van der Waals surface area contributed by atoms with Crippen molar-refractivity contribution >= 4 is 17.5 Å². The Kier molecular flexibility index (Phi) is 3.25. The number of rotatable bonds is 3. The first kappa shape index (κ1) is 9.99. The molecule has 0 bridgehead atoms. The smallest absolute Gasteiger partial charge is 0.223 e. The SMILES string of the molecule is C=C(Cl)CNc1ncc(C)c(C)n1. The van der Waals surface area contributed by atoms with Crippen LogP contribution in [-0.4, -0.2) is 16.5 Å². The molecule has 0 aliphatic rings. The fourth-order valence-electron chi connectivity index (χ4n) is 0.787. The standard InChI is InChI=1S/C9H12ClN3/c1-6-4-11-9(13-8(6)3)12-5-7(2)10/h4H,2,5H2,1,3H3,(H,11,12,13). The largest absolute Gasteiger partial charge is 0.349 e. The van der Waals surface area contributed by atoms with E-state index in [1.807, 2.05) is 13.8 Å². The molecule has 3 nitrogen and oxygen atoms in total.